The maximum absolute atomic E-state index is 13.4. The molecule has 1 aromatic heterocycles. The minimum absolute atomic E-state index is 0.00192. The number of aromatic nitrogens is 2. The Bertz CT molecular complexity index is 978. The van der Waals surface area contributed by atoms with Crippen LogP contribution < -0.4 is 11.1 Å². The molecule has 1 saturated carbocycles. The van der Waals surface area contributed by atoms with Gasteiger partial charge in [-0.2, -0.15) is 0 Å². The van der Waals surface area contributed by atoms with Crippen molar-refractivity contribution in [3.63, 3.8) is 0 Å². The van der Waals surface area contributed by atoms with Crippen molar-refractivity contribution < 1.29 is 9.18 Å². The molecule has 1 aliphatic carbocycles. The first-order chi connectivity index (χ1) is 15.1. The lowest BCUT2D eigenvalue weighted by Gasteiger charge is -2.28. The van der Waals surface area contributed by atoms with Crippen LogP contribution in [0.1, 0.15) is 43.1 Å². The predicted molar refractivity (Wildman–Crippen MR) is 120 cm³/mol. The summed E-state index contributed by atoms with van der Waals surface area (Å²) in [5, 5.41) is 3.21. The number of rotatable bonds is 7. The molecule has 162 valence electrons. The highest BCUT2D eigenvalue weighted by atomic mass is 19.1. The molecule has 6 heteroatoms. The molecule has 1 aliphatic rings. The molecule has 5 nitrogen and oxygen atoms in total. The van der Waals surface area contributed by atoms with E-state index in [9.17, 15) is 9.18 Å². The van der Waals surface area contributed by atoms with Crippen molar-refractivity contribution in [1.82, 2.24) is 15.3 Å². The quantitative estimate of drug-likeness (QED) is 0.530. The molecule has 1 unspecified atom stereocenters. The Kier molecular flexibility index (Phi) is 6.77. The van der Waals surface area contributed by atoms with Crippen LogP contribution in [-0.4, -0.2) is 22.4 Å². The second-order valence-corrected chi connectivity index (χ2v) is 8.38. The minimum atomic E-state index is -0.317. The zero-order valence-electron chi connectivity index (χ0n) is 17.6. The number of nitrogens with zero attached hydrogens (tertiary/aromatic N) is 1. The van der Waals surface area contributed by atoms with Gasteiger partial charge in [-0.1, -0.05) is 42.5 Å². The maximum atomic E-state index is 13.4. The Balaban J connectivity index is 1.52. The smallest absolute Gasteiger partial charge is 0.223 e. The monoisotopic (exact) mass is 420 g/mol. The lowest BCUT2D eigenvalue weighted by molar-refractivity contribution is -0.127. The Morgan fingerprint density at radius 1 is 1.10 bits per heavy atom. The summed E-state index contributed by atoms with van der Waals surface area (Å²) in [4.78, 5) is 21.1. The third-order valence-electron chi connectivity index (χ3n) is 6.22. The molecule has 0 bridgehead atoms. The fourth-order valence-electron chi connectivity index (χ4n) is 4.29. The van der Waals surface area contributed by atoms with Gasteiger partial charge in [0.2, 0.25) is 5.91 Å². The van der Waals surface area contributed by atoms with Crippen LogP contribution >= 0.6 is 0 Å². The molecule has 1 amide bonds. The average Bonchev–Trinajstić information content (AvgIpc) is 3.31. The van der Waals surface area contributed by atoms with Crippen LogP contribution in [0.25, 0.3) is 11.3 Å². The van der Waals surface area contributed by atoms with Crippen LogP contribution in [-0.2, 0) is 11.2 Å². The van der Waals surface area contributed by atoms with Gasteiger partial charge in [-0.05, 0) is 62.3 Å². The Hall–Kier alpha value is -2.99. The molecule has 0 saturated heterocycles. The number of halogens is 1. The molecule has 0 radical (unpaired) electrons. The second-order valence-electron chi connectivity index (χ2n) is 8.38. The number of H-pyrrole nitrogens is 1. The number of aromatic amines is 1. The van der Waals surface area contributed by atoms with E-state index in [0.29, 0.717) is 24.7 Å². The van der Waals surface area contributed by atoms with Gasteiger partial charge in [-0.3, -0.25) is 4.79 Å². The normalized spacial score (nSPS) is 19.7. The Labute approximate surface area is 182 Å². The Morgan fingerprint density at radius 3 is 2.48 bits per heavy atom. The summed E-state index contributed by atoms with van der Waals surface area (Å²) in [6, 6.07) is 16.0. The number of carbonyl (C=O) groups is 1. The number of hydrogen-bond donors (Lipinski definition) is 3. The molecule has 2 aromatic carbocycles. The fraction of sp³-hybridized carbons (Fsp3) is 0.360. The first kappa shape index (κ1) is 21.2. The second kappa shape index (κ2) is 9.88. The van der Waals surface area contributed by atoms with Crippen LogP contribution in [0.2, 0.25) is 0 Å². The number of benzene rings is 2. The standard InChI is InChI=1S/C25H29FN4O/c26-21-12-8-17(9-13-21)14-22(30-25(31)20-10-6-18(15-27)7-11-20)24-28-16-23(29-24)19-4-2-1-3-5-19/h1-5,8-9,12-13,16,18,20,22H,6-7,10-11,14-15,27H2,(H,28,29)(H,30,31)/t18-,20-,22?. The van der Waals surface area contributed by atoms with Gasteiger partial charge in [0.25, 0.3) is 0 Å². The van der Waals surface area contributed by atoms with Gasteiger partial charge in [0, 0.05) is 17.7 Å². The Morgan fingerprint density at radius 2 is 1.81 bits per heavy atom. The molecule has 31 heavy (non-hydrogen) atoms. The lowest BCUT2D eigenvalue weighted by Crippen LogP contribution is -2.37. The van der Waals surface area contributed by atoms with E-state index >= 15 is 0 Å². The van der Waals surface area contributed by atoms with Gasteiger partial charge < -0.3 is 16.0 Å². The van der Waals surface area contributed by atoms with E-state index in [1.165, 1.54) is 12.1 Å². The van der Waals surface area contributed by atoms with Gasteiger partial charge in [0.1, 0.15) is 11.6 Å². The van der Waals surface area contributed by atoms with Crippen molar-refractivity contribution in [2.24, 2.45) is 17.6 Å². The molecule has 0 aliphatic heterocycles. The first-order valence-electron chi connectivity index (χ1n) is 11.0. The van der Waals surface area contributed by atoms with Crippen molar-refractivity contribution in [3.05, 3.63) is 78.0 Å². The molecule has 4 N–H and O–H groups in total. The summed E-state index contributed by atoms with van der Waals surface area (Å²) in [6.07, 6.45) is 6.12. The molecular weight excluding hydrogens is 391 g/mol. The first-order valence-corrected chi connectivity index (χ1v) is 11.0. The van der Waals surface area contributed by atoms with Gasteiger partial charge in [0.05, 0.1) is 11.7 Å². The fourth-order valence-corrected chi connectivity index (χ4v) is 4.29. The summed E-state index contributed by atoms with van der Waals surface area (Å²) in [5.41, 5.74) is 8.57. The molecule has 1 heterocycles. The third-order valence-corrected chi connectivity index (χ3v) is 6.22. The highest BCUT2D eigenvalue weighted by Gasteiger charge is 2.28. The van der Waals surface area contributed by atoms with E-state index < -0.39 is 0 Å². The zero-order chi connectivity index (χ0) is 21.6. The number of nitrogens with two attached hydrogens (primary N) is 1. The number of amides is 1. The molecule has 0 spiro atoms. The summed E-state index contributed by atoms with van der Waals surface area (Å²) in [5.74, 6) is 1.01. The van der Waals surface area contributed by atoms with E-state index in [2.05, 4.69) is 10.3 Å². The number of hydrogen-bond acceptors (Lipinski definition) is 3. The highest BCUT2D eigenvalue weighted by Crippen LogP contribution is 2.29. The van der Waals surface area contributed by atoms with E-state index in [0.717, 1.165) is 42.5 Å². The topological polar surface area (TPSA) is 83.8 Å². The zero-order valence-corrected chi connectivity index (χ0v) is 17.6. The van der Waals surface area contributed by atoms with Crippen molar-refractivity contribution in [3.8, 4) is 11.3 Å². The minimum Gasteiger partial charge on any atom is -0.346 e. The van der Waals surface area contributed by atoms with Gasteiger partial charge >= 0.3 is 0 Å². The van der Waals surface area contributed by atoms with Crippen molar-refractivity contribution in [2.75, 3.05) is 6.54 Å². The largest absolute Gasteiger partial charge is 0.346 e. The molecular formula is C25H29FN4O. The highest BCUT2D eigenvalue weighted by molar-refractivity contribution is 5.79. The third kappa shape index (κ3) is 5.39. The van der Waals surface area contributed by atoms with Gasteiger partial charge in [-0.15, -0.1) is 0 Å². The van der Waals surface area contributed by atoms with Gasteiger partial charge in [0.15, 0.2) is 0 Å². The molecule has 4 rings (SSSR count). The van der Waals surface area contributed by atoms with E-state index in [4.69, 9.17) is 10.7 Å². The van der Waals surface area contributed by atoms with Crippen molar-refractivity contribution >= 4 is 5.91 Å². The predicted octanol–water partition coefficient (Wildman–Crippen LogP) is 4.38. The number of imidazole rings is 1. The van der Waals surface area contributed by atoms with Crippen LogP contribution in [0.15, 0.2) is 60.8 Å². The molecule has 3 aromatic rings. The maximum Gasteiger partial charge on any atom is 0.223 e. The number of nitrogens with one attached hydrogen (secondary N) is 2. The van der Waals surface area contributed by atoms with Crippen LogP contribution in [0.3, 0.4) is 0 Å². The molecule has 1 atom stereocenters. The average molecular weight is 421 g/mol. The molecule has 1 fully saturated rings. The van der Waals surface area contributed by atoms with E-state index in [1.54, 1.807) is 12.1 Å². The van der Waals surface area contributed by atoms with Crippen LogP contribution in [0.5, 0.6) is 0 Å². The van der Waals surface area contributed by atoms with E-state index in [1.807, 2.05) is 36.5 Å². The van der Waals surface area contributed by atoms with Crippen molar-refractivity contribution in [2.45, 2.75) is 38.1 Å². The lowest BCUT2D eigenvalue weighted by atomic mass is 9.81. The summed E-state index contributed by atoms with van der Waals surface area (Å²) in [6.45, 7) is 0.691. The summed E-state index contributed by atoms with van der Waals surface area (Å²) >= 11 is 0. The van der Waals surface area contributed by atoms with Crippen LogP contribution in [0, 0.1) is 17.7 Å². The van der Waals surface area contributed by atoms with E-state index in [-0.39, 0.29) is 23.7 Å². The summed E-state index contributed by atoms with van der Waals surface area (Å²) in [7, 11) is 0. The van der Waals surface area contributed by atoms with Gasteiger partial charge in [-0.25, -0.2) is 9.37 Å². The SMILES string of the molecule is NC[C@H]1CC[C@H](C(=O)NC(Cc2ccc(F)cc2)c2nc(-c3ccccc3)c[nH]2)CC1. The summed E-state index contributed by atoms with van der Waals surface area (Å²) < 4.78 is 13.4. The van der Waals surface area contributed by atoms with Crippen molar-refractivity contribution in [1.29, 1.82) is 0 Å². The van der Waals surface area contributed by atoms with Crippen LogP contribution in [0.4, 0.5) is 4.39 Å². The number of carbonyl (C=O) groups excluding carboxylic acids is 1.